The molecule has 0 unspecified atom stereocenters. The van der Waals surface area contributed by atoms with Gasteiger partial charge in [0.2, 0.25) is 17.7 Å². The van der Waals surface area contributed by atoms with Crippen molar-refractivity contribution >= 4 is 35.9 Å². The van der Waals surface area contributed by atoms with E-state index in [1.165, 1.54) is 42.5 Å². The summed E-state index contributed by atoms with van der Waals surface area (Å²) in [5.74, 6) is -1.02. The molecule has 3 aromatic rings. The summed E-state index contributed by atoms with van der Waals surface area (Å²) >= 11 is 0. The number of phenolic OH excluding ortho intramolecular Hbond substituents is 4. The molecule has 10 nitrogen and oxygen atoms in total. The van der Waals surface area contributed by atoms with E-state index in [1.807, 2.05) is 0 Å². The number of aromatic hydroxyl groups is 4. The van der Waals surface area contributed by atoms with Crippen molar-refractivity contribution in [2.45, 2.75) is 19.3 Å². The maximum Gasteiger partial charge on any atom is 0.246 e. The van der Waals surface area contributed by atoms with E-state index in [-0.39, 0.29) is 40.7 Å². The minimum Gasteiger partial charge on any atom is -0.508 e. The van der Waals surface area contributed by atoms with E-state index in [0.29, 0.717) is 51.0 Å². The van der Waals surface area contributed by atoms with Crippen molar-refractivity contribution in [2.75, 3.05) is 26.2 Å². The van der Waals surface area contributed by atoms with E-state index < -0.39 is 0 Å². The zero-order valence-corrected chi connectivity index (χ0v) is 24.2. The van der Waals surface area contributed by atoms with E-state index >= 15 is 0 Å². The van der Waals surface area contributed by atoms with Crippen LogP contribution in [0.15, 0.2) is 85.0 Å². The van der Waals surface area contributed by atoms with Crippen molar-refractivity contribution in [2.24, 2.45) is 0 Å². The molecular formula is C34H37N3O7. The Labute approximate surface area is 256 Å². The average Bonchev–Trinajstić information content (AvgIpc) is 3.01. The zero-order valence-electron chi connectivity index (χ0n) is 24.2. The summed E-state index contributed by atoms with van der Waals surface area (Å²) in [6.45, 7) is 1.58. The number of carbonyl (C=O) groups excluding carboxylic acids is 3. The van der Waals surface area contributed by atoms with Gasteiger partial charge in [0, 0.05) is 44.4 Å². The van der Waals surface area contributed by atoms with Gasteiger partial charge in [0.25, 0.3) is 0 Å². The minimum absolute atomic E-state index is 0.144. The SMILES string of the molecule is O=C(/C=C/c1ccc(O)cc1)NCCCCN(CCCNC(=O)/C=C/c1ccc(O)cc1)C(=O)/C=C/c1ccc(O)c(O)c1. The van der Waals surface area contributed by atoms with Gasteiger partial charge in [-0.3, -0.25) is 14.4 Å². The highest BCUT2D eigenvalue weighted by Gasteiger charge is 2.11. The van der Waals surface area contributed by atoms with Crippen LogP contribution in [0.4, 0.5) is 0 Å². The molecule has 3 aromatic carbocycles. The van der Waals surface area contributed by atoms with Gasteiger partial charge >= 0.3 is 0 Å². The number of rotatable bonds is 15. The van der Waals surface area contributed by atoms with Gasteiger partial charge in [-0.1, -0.05) is 30.3 Å². The monoisotopic (exact) mass is 599 g/mol. The molecule has 0 radical (unpaired) electrons. The van der Waals surface area contributed by atoms with Crippen LogP contribution in [0.2, 0.25) is 0 Å². The molecule has 3 amide bonds. The number of benzene rings is 3. The van der Waals surface area contributed by atoms with Gasteiger partial charge in [-0.15, -0.1) is 0 Å². The lowest BCUT2D eigenvalue weighted by molar-refractivity contribution is -0.126. The first-order chi connectivity index (χ1) is 21.2. The Bertz CT molecular complexity index is 1480. The van der Waals surface area contributed by atoms with Gasteiger partial charge < -0.3 is 36.0 Å². The molecular weight excluding hydrogens is 562 g/mol. The Kier molecular flexibility index (Phi) is 13.1. The van der Waals surface area contributed by atoms with Crippen molar-refractivity contribution in [1.82, 2.24) is 15.5 Å². The Morgan fingerprint density at radius 1 is 0.568 bits per heavy atom. The molecule has 6 N–H and O–H groups in total. The van der Waals surface area contributed by atoms with Crippen LogP contribution < -0.4 is 10.6 Å². The van der Waals surface area contributed by atoms with Crippen molar-refractivity contribution in [3.63, 3.8) is 0 Å². The molecule has 0 atom stereocenters. The van der Waals surface area contributed by atoms with Gasteiger partial charge in [-0.25, -0.2) is 0 Å². The third-order valence-electron chi connectivity index (χ3n) is 6.43. The first kappa shape index (κ1) is 33.0. The third kappa shape index (κ3) is 12.2. The highest BCUT2D eigenvalue weighted by molar-refractivity contribution is 5.93. The van der Waals surface area contributed by atoms with E-state index in [2.05, 4.69) is 10.6 Å². The Morgan fingerprint density at radius 2 is 1.05 bits per heavy atom. The highest BCUT2D eigenvalue weighted by Crippen LogP contribution is 2.25. The molecule has 10 heteroatoms. The summed E-state index contributed by atoms with van der Waals surface area (Å²) in [6, 6.07) is 17.2. The molecule has 0 aromatic heterocycles. The van der Waals surface area contributed by atoms with Crippen LogP contribution in [0, 0.1) is 0 Å². The van der Waals surface area contributed by atoms with Crippen LogP contribution in [0.25, 0.3) is 18.2 Å². The predicted octanol–water partition coefficient (Wildman–Crippen LogP) is 4.18. The quantitative estimate of drug-likeness (QED) is 0.0868. The van der Waals surface area contributed by atoms with Crippen molar-refractivity contribution in [3.8, 4) is 23.0 Å². The molecule has 0 aliphatic heterocycles. The van der Waals surface area contributed by atoms with Gasteiger partial charge in [-0.05, 0) is 90.6 Å². The first-order valence-electron chi connectivity index (χ1n) is 14.2. The number of nitrogens with one attached hydrogen (secondary N) is 2. The summed E-state index contributed by atoms with van der Waals surface area (Å²) in [5, 5.41) is 43.5. The predicted molar refractivity (Wildman–Crippen MR) is 170 cm³/mol. The average molecular weight is 600 g/mol. The van der Waals surface area contributed by atoms with Crippen LogP contribution in [0.5, 0.6) is 23.0 Å². The number of amides is 3. The summed E-state index contributed by atoms with van der Waals surface area (Å²) < 4.78 is 0. The summed E-state index contributed by atoms with van der Waals surface area (Å²) in [6.07, 6.45) is 10.8. The van der Waals surface area contributed by atoms with Crippen LogP contribution in [0.1, 0.15) is 36.0 Å². The van der Waals surface area contributed by atoms with Crippen molar-refractivity contribution in [1.29, 1.82) is 0 Å². The number of unbranched alkanes of at least 4 members (excludes halogenated alkanes) is 1. The highest BCUT2D eigenvalue weighted by atomic mass is 16.3. The molecule has 0 saturated heterocycles. The van der Waals surface area contributed by atoms with Crippen LogP contribution in [-0.4, -0.2) is 69.2 Å². The lowest BCUT2D eigenvalue weighted by atomic mass is 10.2. The van der Waals surface area contributed by atoms with Crippen molar-refractivity contribution in [3.05, 3.63) is 102 Å². The fourth-order valence-electron chi connectivity index (χ4n) is 4.00. The molecule has 230 valence electrons. The maximum absolute atomic E-state index is 13.0. The van der Waals surface area contributed by atoms with Gasteiger partial charge in [-0.2, -0.15) is 0 Å². The molecule has 0 aliphatic rings. The van der Waals surface area contributed by atoms with Crippen LogP contribution in [-0.2, 0) is 14.4 Å². The maximum atomic E-state index is 13.0. The van der Waals surface area contributed by atoms with Gasteiger partial charge in [0.1, 0.15) is 11.5 Å². The van der Waals surface area contributed by atoms with Crippen LogP contribution >= 0.6 is 0 Å². The molecule has 0 spiro atoms. The molecule has 3 rings (SSSR count). The van der Waals surface area contributed by atoms with E-state index in [0.717, 1.165) is 11.1 Å². The molecule has 0 bridgehead atoms. The summed E-state index contributed by atoms with van der Waals surface area (Å²) in [4.78, 5) is 39.0. The molecule has 44 heavy (non-hydrogen) atoms. The second-order valence-corrected chi connectivity index (χ2v) is 9.90. The van der Waals surface area contributed by atoms with Crippen molar-refractivity contribution < 1.29 is 34.8 Å². The third-order valence-corrected chi connectivity index (χ3v) is 6.43. The lowest BCUT2D eigenvalue weighted by Crippen LogP contribution is -2.34. The fraction of sp³-hybridized carbons (Fsp3) is 0.206. The number of carbonyl (C=O) groups is 3. The second kappa shape index (κ2) is 17.4. The standard InChI is InChI=1S/C34H37N3O7/c38-28-12-4-25(5-13-28)9-17-32(42)35-20-1-2-22-37(34(44)19-11-27-8-16-30(40)31(41)24-27)23-3-21-36-33(43)18-10-26-6-14-29(39)15-7-26/h4-19,24,38-41H,1-3,20-23H2,(H,35,42)(H,36,43)/b17-9+,18-10+,19-11+. The molecule has 0 aliphatic carbocycles. The minimum atomic E-state index is -0.286. The number of hydrogen-bond acceptors (Lipinski definition) is 7. The van der Waals surface area contributed by atoms with E-state index in [1.54, 1.807) is 65.6 Å². The smallest absolute Gasteiger partial charge is 0.246 e. The van der Waals surface area contributed by atoms with Gasteiger partial charge in [0.15, 0.2) is 11.5 Å². The largest absolute Gasteiger partial charge is 0.508 e. The number of nitrogens with zero attached hydrogens (tertiary/aromatic N) is 1. The molecule has 0 fully saturated rings. The number of hydrogen-bond donors (Lipinski definition) is 6. The molecule has 0 saturated carbocycles. The van der Waals surface area contributed by atoms with Crippen LogP contribution in [0.3, 0.4) is 0 Å². The second-order valence-electron chi connectivity index (χ2n) is 9.90. The van der Waals surface area contributed by atoms with Gasteiger partial charge in [0.05, 0.1) is 0 Å². The number of phenols is 4. The Morgan fingerprint density at radius 3 is 1.59 bits per heavy atom. The lowest BCUT2D eigenvalue weighted by Gasteiger charge is -2.21. The Balaban J connectivity index is 1.47. The van der Waals surface area contributed by atoms with E-state index in [9.17, 15) is 34.8 Å². The zero-order chi connectivity index (χ0) is 31.7. The van der Waals surface area contributed by atoms with E-state index in [4.69, 9.17) is 0 Å². The summed E-state index contributed by atoms with van der Waals surface area (Å²) in [5.41, 5.74) is 2.10. The normalized spacial score (nSPS) is 11.3. The summed E-state index contributed by atoms with van der Waals surface area (Å²) in [7, 11) is 0. The molecule has 0 heterocycles. The Hall–Kier alpha value is -5.51. The topological polar surface area (TPSA) is 159 Å². The fourth-order valence-corrected chi connectivity index (χ4v) is 4.00. The first-order valence-corrected chi connectivity index (χ1v) is 14.2.